The number of nitrogens with one attached hydrogen (secondary N) is 1. The first-order chi connectivity index (χ1) is 12.1. The number of hydrazone groups is 1. The lowest BCUT2D eigenvalue weighted by Crippen LogP contribution is -2.24. The van der Waals surface area contributed by atoms with Crippen molar-refractivity contribution in [3.05, 3.63) is 71.8 Å². The van der Waals surface area contributed by atoms with Crippen molar-refractivity contribution in [3.63, 3.8) is 0 Å². The number of amides is 1. The van der Waals surface area contributed by atoms with Gasteiger partial charge in [-0.05, 0) is 35.9 Å². The van der Waals surface area contributed by atoms with Crippen LogP contribution in [0.15, 0.2) is 65.8 Å². The Hall–Kier alpha value is -3.34. The van der Waals surface area contributed by atoms with Gasteiger partial charge in [0.05, 0.1) is 6.21 Å². The molecule has 0 unspecified atom stereocenters. The van der Waals surface area contributed by atoms with Gasteiger partial charge in [0.2, 0.25) is 0 Å². The van der Waals surface area contributed by atoms with Gasteiger partial charge in [-0.15, -0.1) is 0 Å². The van der Waals surface area contributed by atoms with E-state index in [9.17, 15) is 9.90 Å². The molecule has 0 atom stereocenters. The number of aromatic hydroxyl groups is 1. The highest BCUT2D eigenvalue weighted by atomic mass is 16.5. The normalized spacial score (nSPS) is 10.9. The van der Waals surface area contributed by atoms with Crippen molar-refractivity contribution >= 4 is 22.9 Å². The zero-order chi connectivity index (χ0) is 17.6. The Morgan fingerprint density at radius 2 is 1.88 bits per heavy atom. The molecule has 25 heavy (non-hydrogen) atoms. The van der Waals surface area contributed by atoms with Crippen molar-refractivity contribution in [2.24, 2.45) is 5.10 Å². The summed E-state index contributed by atoms with van der Waals surface area (Å²) >= 11 is 0. The van der Waals surface area contributed by atoms with Crippen LogP contribution >= 0.6 is 0 Å². The number of carbonyl (C=O) groups is 1. The molecule has 0 heterocycles. The maximum absolute atomic E-state index is 11.8. The summed E-state index contributed by atoms with van der Waals surface area (Å²) in [7, 11) is 0. The van der Waals surface area contributed by atoms with Crippen molar-refractivity contribution in [1.29, 1.82) is 0 Å². The number of ether oxygens (including phenoxy) is 1. The summed E-state index contributed by atoms with van der Waals surface area (Å²) in [5, 5.41) is 15.8. The Bertz CT molecular complexity index is 918. The molecule has 0 aliphatic heterocycles. The van der Waals surface area contributed by atoms with E-state index in [1.54, 1.807) is 18.2 Å². The predicted octanol–water partition coefficient (Wildman–Crippen LogP) is 3.38. The number of aryl methyl sites for hydroxylation is 1. The molecule has 126 valence electrons. The Morgan fingerprint density at radius 1 is 1.12 bits per heavy atom. The molecule has 3 aromatic rings. The minimum absolute atomic E-state index is 0.104. The third-order valence-corrected chi connectivity index (χ3v) is 3.72. The molecule has 0 saturated carbocycles. The van der Waals surface area contributed by atoms with Crippen LogP contribution in [0.3, 0.4) is 0 Å². The maximum Gasteiger partial charge on any atom is 0.277 e. The summed E-state index contributed by atoms with van der Waals surface area (Å²) in [6.07, 6.45) is 1.43. The van der Waals surface area contributed by atoms with Crippen LogP contribution in [0.25, 0.3) is 10.8 Å². The minimum atomic E-state index is -0.378. The first-order valence-electron chi connectivity index (χ1n) is 7.85. The van der Waals surface area contributed by atoms with Crippen molar-refractivity contribution < 1.29 is 14.6 Å². The Labute approximate surface area is 145 Å². The third-order valence-electron chi connectivity index (χ3n) is 3.72. The van der Waals surface area contributed by atoms with E-state index >= 15 is 0 Å². The van der Waals surface area contributed by atoms with Gasteiger partial charge < -0.3 is 9.84 Å². The van der Waals surface area contributed by atoms with Crippen LogP contribution in [0.4, 0.5) is 0 Å². The standard InChI is InChI=1S/C20H18N2O3/c1-14-6-9-16(10-7-14)25-13-20(24)22-21-12-18-17-5-3-2-4-15(17)8-11-19(18)23/h2-12,23H,13H2,1H3,(H,22,24)/b21-12+. The van der Waals surface area contributed by atoms with E-state index in [1.165, 1.54) is 6.21 Å². The highest BCUT2D eigenvalue weighted by molar-refractivity contribution is 6.02. The monoisotopic (exact) mass is 334 g/mol. The van der Waals surface area contributed by atoms with E-state index in [0.29, 0.717) is 11.3 Å². The van der Waals surface area contributed by atoms with Gasteiger partial charge in [0.1, 0.15) is 11.5 Å². The lowest BCUT2D eigenvalue weighted by atomic mass is 10.0. The first-order valence-corrected chi connectivity index (χ1v) is 7.85. The molecule has 0 aliphatic carbocycles. The number of hydrogen-bond donors (Lipinski definition) is 2. The van der Waals surface area contributed by atoms with Gasteiger partial charge >= 0.3 is 0 Å². The molecule has 0 saturated heterocycles. The fourth-order valence-electron chi connectivity index (χ4n) is 2.40. The van der Waals surface area contributed by atoms with Gasteiger partial charge in [-0.25, -0.2) is 5.43 Å². The number of carbonyl (C=O) groups excluding carboxylic acids is 1. The number of hydrogen-bond acceptors (Lipinski definition) is 4. The van der Waals surface area contributed by atoms with Gasteiger partial charge in [-0.3, -0.25) is 4.79 Å². The van der Waals surface area contributed by atoms with Crippen LogP contribution in [0.1, 0.15) is 11.1 Å². The molecule has 0 aliphatic rings. The largest absolute Gasteiger partial charge is 0.507 e. The second-order valence-electron chi connectivity index (χ2n) is 5.61. The predicted molar refractivity (Wildman–Crippen MR) is 98.0 cm³/mol. The fourth-order valence-corrected chi connectivity index (χ4v) is 2.40. The van der Waals surface area contributed by atoms with Gasteiger partial charge in [0, 0.05) is 5.56 Å². The van der Waals surface area contributed by atoms with Gasteiger partial charge in [-0.2, -0.15) is 5.10 Å². The first kappa shape index (κ1) is 16.5. The van der Waals surface area contributed by atoms with Crippen LogP contribution in [-0.4, -0.2) is 23.8 Å². The lowest BCUT2D eigenvalue weighted by molar-refractivity contribution is -0.123. The zero-order valence-electron chi connectivity index (χ0n) is 13.8. The van der Waals surface area contributed by atoms with Crippen LogP contribution < -0.4 is 10.2 Å². The smallest absolute Gasteiger partial charge is 0.277 e. The molecule has 3 aromatic carbocycles. The maximum atomic E-state index is 11.8. The molecule has 0 radical (unpaired) electrons. The van der Waals surface area contributed by atoms with E-state index in [2.05, 4.69) is 10.5 Å². The number of fused-ring (bicyclic) bond motifs is 1. The van der Waals surface area contributed by atoms with E-state index in [1.807, 2.05) is 49.4 Å². The molecule has 0 fully saturated rings. The second-order valence-corrected chi connectivity index (χ2v) is 5.61. The minimum Gasteiger partial charge on any atom is -0.507 e. The Balaban J connectivity index is 1.62. The Kier molecular flexibility index (Phi) is 4.95. The van der Waals surface area contributed by atoms with E-state index in [0.717, 1.165) is 16.3 Å². The van der Waals surface area contributed by atoms with Crippen molar-refractivity contribution in [2.45, 2.75) is 6.92 Å². The average Bonchev–Trinajstić information content (AvgIpc) is 2.63. The molecule has 2 N–H and O–H groups in total. The van der Waals surface area contributed by atoms with Gasteiger partial charge in [-0.1, -0.05) is 48.0 Å². The summed E-state index contributed by atoms with van der Waals surface area (Å²) in [4.78, 5) is 11.8. The van der Waals surface area contributed by atoms with Gasteiger partial charge in [0.15, 0.2) is 6.61 Å². The topological polar surface area (TPSA) is 70.9 Å². The summed E-state index contributed by atoms with van der Waals surface area (Å²) in [5.41, 5.74) is 4.07. The second kappa shape index (κ2) is 7.49. The van der Waals surface area contributed by atoms with Crippen molar-refractivity contribution in [2.75, 3.05) is 6.61 Å². The van der Waals surface area contributed by atoms with Gasteiger partial charge in [0.25, 0.3) is 5.91 Å². The molecule has 0 aromatic heterocycles. The SMILES string of the molecule is Cc1ccc(OCC(=O)N/N=C/c2c(O)ccc3ccccc23)cc1. The average molecular weight is 334 g/mol. The molecular weight excluding hydrogens is 316 g/mol. The highest BCUT2D eigenvalue weighted by Gasteiger charge is 2.05. The lowest BCUT2D eigenvalue weighted by Gasteiger charge is -2.06. The zero-order valence-corrected chi connectivity index (χ0v) is 13.8. The van der Waals surface area contributed by atoms with E-state index in [4.69, 9.17) is 4.74 Å². The van der Waals surface area contributed by atoms with E-state index in [-0.39, 0.29) is 18.3 Å². The number of rotatable bonds is 5. The fraction of sp³-hybridized carbons (Fsp3) is 0.100. The molecule has 0 spiro atoms. The molecule has 5 heteroatoms. The summed E-state index contributed by atoms with van der Waals surface area (Å²) in [6.45, 7) is 1.84. The van der Waals surface area contributed by atoms with E-state index < -0.39 is 0 Å². The van der Waals surface area contributed by atoms with Crippen LogP contribution in [0.2, 0.25) is 0 Å². The molecular formula is C20H18N2O3. The third kappa shape index (κ3) is 4.14. The Morgan fingerprint density at radius 3 is 2.68 bits per heavy atom. The number of benzene rings is 3. The van der Waals surface area contributed by atoms with Crippen LogP contribution in [0.5, 0.6) is 11.5 Å². The summed E-state index contributed by atoms with van der Waals surface area (Å²) in [5.74, 6) is 0.348. The van der Waals surface area contributed by atoms with Crippen molar-refractivity contribution in [3.8, 4) is 11.5 Å². The molecule has 5 nitrogen and oxygen atoms in total. The summed E-state index contributed by atoms with van der Waals surface area (Å²) in [6, 6.07) is 18.5. The number of phenolic OH excluding ortho intramolecular Hbond substituents is 1. The van der Waals surface area contributed by atoms with Crippen molar-refractivity contribution in [1.82, 2.24) is 5.43 Å². The van der Waals surface area contributed by atoms with Crippen LogP contribution in [0, 0.1) is 6.92 Å². The quantitative estimate of drug-likeness (QED) is 0.555. The number of nitrogens with zero attached hydrogens (tertiary/aromatic N) is 1. The molecule has 3 rings (SSSR count). The molecule has 1 amide bonds. The number of phenols is 1. The summed E-state index contributed by atoms with van der Waals surface area (Å²) < 4.78 is 5.38. The molecule has 0 bridgehead atoms. The van der Waals surface area contributed by atoms with Crippen LogP contribution in [-0.2, 0) is 4.79 Å². The highest BCUT2D eigenvalue weighted by Crippen LogP contribution is 2.25.